The highest BCUT2D eigenvalue weighted by atomic mass is 79.9. The van der Waals surface area contributed by atoms with Crippen molar-refractivity contribution >= 4 is 27.7 Å². The molecule has 0 bridgehead atoms. The monoisotopic (exact) mass is 291 g/mol. The lowest BCUT2D eigenvalue weighted by atomic mass is 10.0. The van der Waals surface area contributed by atoms with Gasteiger partial charge in [0, 0.05) is 21.8 Å². The quantitative estimate of drug-likeness (QED) is 0.890. The summed E-state index contributed by atoms with van der Waals surface area (Å²) in [6, 6.07) is 8.79. The van der Waals surface area contributed by atoms with Crippen LogP contribution in [0.3, 0.4) is 0 Å². The number of rotatable bonds is 2. The van der Waals surface area contributed by atoms with Gasteiger partial charge in [0.05, 0.1) is 0 Å². The Kier molecular flexibility index (Phi) is 3.10. The van der Waals surface area contributed by atoms with Crippen molar-refractivity contribution in [1.29, 1.82) is 0 Å². The fraction of sp³-hybridized carbons (Fsp3) is 0. The number of benzene rings is 1. The van der Waals surface area contributed by atoms with Gasteiger partial charge in [0.1, 0.15) is 5.82 Å². The Morgan fingerprint density at radius 3 is 2.47 bits per heavy atom. The molecule has 4 N–H and O–H groups in total. The van der Waals surface area contributed by atoms with E-state index in [0.717, 1.165) is 15.6 Å². The van der Waals surface area contributed by atoms with Crippen LogP contribution in [0.5, 0.6) is 0 Å². The summed E-state index contributed by atoms with van der Waals surface area (Å²) in [5.41, 5.74) is 13.1. The first kappa shape index (κ1) is 11.6. The second-order valence-electron chi connectivity index (χ2n) is 3.53. The van der Waals surface area contributed by atoms with E-state index in [9.17, 15) is 4.79 Å². The molecule has 0 radical (unpaired) electrons. The van der Waals surface area contributed by atoms with E-state index < -0.39 is 5.91 Å². The summed E-state index contributed by atoms with van der Waals surface area (Å²) in [6.45, 7) is 0. The van der Waals surface area contributed by atoms with Crippen molar-refractivity contribution in [3.05, 3.63) is 46.6 Å². The molecule has 17 heavy (non-hydrogen) atoms. The number of nitrogens with two attached hydrogens (primary N) is 2. The number of aromatic nitrogens is 1. The molecule has 1 aromatic heterocycles. The summed E-state index contributed by atoms with van der Waals surface area (Å²) in [4.78, 5) is 15.0. The summed E-state index contributed by atoms with van der Waals surface area (Å²) in [6.07, 6.45) is 1.64. The van der Waals surface area contributed by atoms with E-state index in [4.69, 9.17) is 11.5 Å². The molecule has 0 fully saturated rings. The molecule has 0 saturated heterocycles. The van der Waals surface area contributed by atoms with Crippen molar-refractivity contribution in [2.45, 2.75) is 0 Å². The lowest BCUT2D eigenvalue weighted by Gasteiger charge is -2.06. The molecule has 86 valence electrons. The van der Waals surface area contributed by atoms with Gasteiger partial charge < -0.3 is 11.5 Å². The normalized spacial score (nSPS) is 10.2. The van der Waals surface area contributed by atoms with E-state index in [2.05, 4.69) is 20.9 Å². The maximum absolute atomic E-state index is 10.9. The van der Waals surface area contributed by atoms with E-state index in [-0.39, 0.29) is 0 Å². The minimum absolute atomic E-state index is 0.444. The van der Waals surface area contributed by atoms with Gasteiger partial charge in [-0.1, -0.05) is 12.1 Å². The van der Waals surface area contributed by atoms with Crippen LogP contribution in [0.1, 0.15) is 10.4 Å². The summed E-state index contributed by atoms with van der Waals surface area (Å²) in [5.74, 6) is -0.00286. The molecule has 5 heteroatoms. The third-order valence-electron chi connectivity index (χ3n) is 2.37. The summed E-state index contributed by atoms with van der Waals surface area (Å²) < 4.78 is 0.848. The lowest BCUT2D eigenvalue weighted by molar-refractivity contribution is 0.100. The number of pyridine rings is 1. The fourth-order valence-electron chi connectivity index (χ4n) is 1.50. The smallest absolute Gasteiger partial charge is 0.248 e. The average Bonchev–Trinajstić information content (AvgIpc) is 2.32. The van der Waals surface area contributed by atoms with Crippen LogP contribution in [0.4, 0.5) is 5.82 Å². The van der Waals surface area contributed by atoms with Crippen LogP contribution in [0.2, 0.25) is 0 Å². The molecule has 0 unspecified atom stereocenters. The molecular formula is C12H10BrN3O. The van der Waals surface area contributed by atoms with Gasteiger partial charge in [-0.15, -0.1) is 0 Å². The summed E-state index contributed by atoms with van der Waals surface area (Å²) in [5, 5.41) is 0. The fourth-order valence-corrected chi connectivity index (χ4v) is 1.83. The van der Waals surface area contributed by atoms with Crippen molar-refractivity contribution in [3.8, 4) is 11.1 Å². The Balaban J connectivity index is 2.46. The first-order valence-electron chi connectivity index (χ1n) is 4.89. The average molecular weight is 292 g/mol. The number of carbonyl (C=O) groups excluding carboxylic acids is 1. The number of anilines is 1. The molecule has 1 heterocycles. The highest BCUT2D eigenvalue weighted by Crippen LogP contribution is 2.27. The Morgan fingerprint density at radius 1 is 1.24 bits per heavy atom. The molecule has 1 amide bonds. The molecule has 4 nitrogen and oxygen atoms in total. The van der Waals surface area contributed by atoms with Gasteiger partial charge in [-0.3, -0.25) is 4.79 Å². The lowest BCUT2D eigenvalue weighted by Crippen LogP contribution is -2.10. The number of carbonyl (C=O) groups is 1. The molecule has 0 aliphatic heterocycles. The van der Waals surface area contributed by atoms with Gasteiger partial charge in [0.25, 0.3) is 0 Å². The van der Waals surface area contributed by atoms with Gasteiger partial charge >= 0.3 is 0 Å². The van der Waals surface area contributed by atoms with Gasteiger partial charge in [0.2, 0.25) is 5.91 Å². The largest absolute Gasteiger partial charge is 0.383 e. The van der Waals surface area contributed by atoms with E-state index in [1.807, 2.05) is 6.07 Å². The molecule has 0 aliphatic carbocycles. The van der Waals surface area contributed by atoms with Crippen molar-refractivity contribution < 1.29 is 4.79 Å². The van der Waals surface area contributed by atoms with Crippen molar-refractivity contribution in [3.63, 3.8) is 0 Å². The van der Waals surface area contributed by atoms with Crippen LogP contribution in [0, 0.1) is 0 Å². The number of hydrogen-bond acceptors (Lipinski definition) is 3. The second kappa shape index (κ2) is 4.55. The van der Waals surface area contributed by atoms with Gasteiger partial charge in [-0.2, -0.15) is 0 Å². The topological polar surface area (TPSA) is 82.0 Å². The standard InChI is InChI=1S/C12H10BrN3O/c13-9-5-10(11(14)16-6-9)7-1-3-8(4-2-7)12(15)17/h1-6H,(H2,14,16)(H2,15,17). The summed E-state index contributed by atoms with van der Waals surface area (Å²) >= 11 is 3.34. The van der Waals surface area contributed by atoms with E-state index >= 15 is 0 Å². The molecule has 0 spiro atoms. The zero-order valence-corrected chi connectivity index (χ0v) is 10.4. The van der Waals surface area contributed by atoms with E-state index in [1.165, 1.54) is 0 Å². The SMILES string of the molecule is NC(=O)c1ccc(-c2cc(Br)cnc2N)cc1. The van der Waals surface area contributed by atoms with Crippen LogP contribution in [0.15, 0.2) is 41.0 Å². The van der Waals surface area contributed by atoms with Gasteiger partial charge in [-0.25, -0.2) is 4.98 Å². The highest BCUT2D eigenvalue weighted by molar-refractivity contribution is 9.10. The van der Waals surface area contributed by atoms with Gasteiger partial charge in [0.15, 0.2) is 0 Å². The number of nitrogens with zero attached hydrogens (tertiary/aromatic N) is 1. The Labute approximate surface area is 107 Å². The Morgan fingerprint density at radius 2 is 1.88 bits per heavy atom. The van der Waals surface area contributed by atoms with Crippen LogP contribution < -0.4 is 11.5 Å². The number of primary amides is 1. The first-order valence-corrected chi connectivity index (χ1v) is 5.68. The number of nitrogen functional groups attached to an aromatic ring is 1. The minimum Gasteiger partial charge on any atom is -0.383 e. The van der Waals surface area contributed by atoms with E-state index in [1.54, 1.807) is 30.5 Å². The third-order valence-corrected chi connectivity index (χ3v) is 2.80. The number of amides is 1. The Hall–Kier alpha value is -1.88. The highest BCUT2D eigenvalue weighted by Gasteiger charge is 2.06. The maximum atomic E-state index is 10.9. The van der Waals surface area contributed by atoms with Crippen LogP contribution in [-0.4, -0.2) is 10.9 Å². The van der Waals surface area contributed by atoms with E-state index in [0.29, 0.717) is 11.4 Å². The third kappa shape index (κ3) is 2.45. The molecule has 1 aromatic carbocycles. The molecule has 0 atom stereocenters. The van der Waals surface area contributed by atoms with Crippen LogP contribution in [0.25, 0.3) is 11.1 Å². The second-order valence-corrected chi connectivity index (χ2v) is 4.44. The van der Waals surface area contributed by atoms with Crippen molar-refractivity contribution in [2.75, 3.05) is 5.73 Å². The molecule has 0 aliphatic rings. The van der Waals surface area contributed by atoms with Crippen molar-refractivity contribution in [2.24, 2.45) is 5.73 Å². The minimum atomic E-state index is -0.447. The molecule has 2 aromatic rings. The van der Waals surface area contributed by atoms with Crippen LogP contribution in [-0.2, 0) is 0 Å². The molecule has 2 rings (SSSR count). The summed E-state index contributed by atoms with van der Waals surface area (Å²) in [7, 11) is 0. The van der Waals surface area contributed by atoms with Crippen LogP contribution >= 0.6 is 15.9 Å². The number of hydrogen-bond donors (Lipinski definition) is 2. The number of halogens is 1. The predicted octanol–water partition coefficient (Wildman–Crippen LogP) is 2.19. The molecule has 0 saturated carbocycles. The molecular weight excluding hydrogens is 282 g/mol. The zero-order valence-electron chi connectivity index (χ0n) is 8.85. The maximum Gasteiger partial charge on any atom is 0.248 e. The van der Waals surface area contributed by atoms with Gasteiger partial charge in [-0.05, 0) is 39.7 Å². The first-order chi connectivity index (χ1) is 8.08. The Bertz CT molecular complexity index is 566. The van der Waals surface area contributed by atoms with Crippen molar-refractivity contribution in [1.82, 2.24) is 4.98 Å². The predicted molar refractivity (Wildman–Crippen MR) is 70.3 cm³/mol. The zero-order chi connectivity index (χ0) is 12.4.